The molecule has 2 saturated carbocycles. The van der Waals surface area contributed by atoms with E-state index in [0.29, 0.717) is 11.8 Å². The molecule has 1 N–H and O–H groups in total. The second-order valence-electron chi connectivity index (χ2n) is 8.35. The quantitative estimate of drug-likeness (QED) is 0.913. The van der Waals surface area contributed by atoms with Crippen molar-refractivity contribution in [2.45, 2.75) is 64.0 Å². The first-order chi connectivity index (χ1) is 11.9. The molecule has 4 rings (SSSR count). The molecular weight excluding hydrogens is 316 g/mol. The number of hydrogen-bond acceptors (Lipinski definition) is 3. The minimum absolute atomic E-state index is 0.0825. The Labute approximate surface area is 148 Å². The Balaban J connectivity index is 1.47. The Morgan fingerprint density at radius 1 is 1.24 bits per heavy atom. The largest absolute Gasteiger partial charge is 0.350 e. The lowest BCUT2D eigenvalue weighted by Gasteiger charge is -2.30. The molecule has 3 fully saturated rings. The summed E-state index contributed by atoms with van der Waals surface area (Å²) in [6.07, 6.45) is 9.29. The first kappa shape index (κ1) is 16.6. The van der Waals surface area contributed by atoms with Crippen molar-refractivity contribution in [3.8, 4) is 0 Å². The first-order valence-electron chi connectivity index (χ1n) is 9.45. The molecule has 1 aromatic heterocycles. The highest BCUT2D eigenvalue weighted by Gasteiger charge is 2.47. The summed E-state index contributed by atoms with van der Waals surface area (Å²) in [5, 5.41) is 7.52. The molecule has 136 valence electrons. The predicted molar refractivity (Wildman–Crippen MR) is 93.6 cm³/mol. The fourth-order valence-corrected chi connectivity index (χ4v) is 4.70. The third-order valence-corrected chi connectivity index (χ3v) is 6.88. The highest BCUT2D eigenvalue weighted by atomic mass is 16.2. The molecule has 2 aliphatic carbocycles. The zero-order valence-corrected chi connectivity index (χ0v) is 15.4. The zero-order chi connectivity index (χ0) is 17.8. The van der Waals surface area contributed by atoms with Crippen LogP contribution < -0.4 is 5.32 Å². The molecule has 0 bridgehead atoms. The summed E-state index contributed by atoms with van der Waals surface area (Å²) in [7, 11) is 3.72. The summed E-state index contributed by atoms with van der Waals surface area (Å²) in [5.41, 5.74) is 2.66. The number of likely N-dealkylation sites (N-methyl/N-ethyl adjacent to an activating group) is 1. The topological polar surface area (TPSA) is 67.2 Å². The van der Waals surface area contributed by atoms with Crippen LogP contribution in [0.4, 0.5) is 0 Å². The fraction of sp³-hybridized carbons (Fsp3) is 0.737. The lowest BCUT2D eigenvalue weighted by molar-refractivity contribution is -0.128. The highest BCUT2D eigenvalue weighted by molar-refractivity contribution is 5.84. The lowest BCUT2D eigenvalue weighted by atomic mass is 9.79. The van der Waals surface area contributed by atoms with Crippen LogP contribution in [0.2, 0.25) is 0 Å². The van der Waals surface area contributed by atoms with Gasteiger partial charge < -0.3 is 10.2 Å². The second-order valence-corrected chi connectivity index (χ2v) is 8.35. The number of aromatic nitrogens is 2. The molecule has 1 aromatic rings. The van der Waals surface area contributed by atoms with E-state index in [1.807, 2.05) is 31.9 Å². The Bertz CT molecular complexity index is 696. The number of carbonyl (C=O) groups excluding carboxylic acids is 2. The number of nitrogens with one attached hydrogen (secondary N) is 1. The van der Waals surface area contributed by atoms with E-state index in [9.17, 15) is 9.59 Å². The van der Waals surface area contributed by atoms with Gasteiger partial charge in [-0.3, -0.25) is 14.3 Å². The summed E-state index contributed by atoms with van der Waals surface area (Å²) < 4.78 is 1.82. The van der Waals surface area contributed by atoms with Crippen LogP contribution in [0, 0.1) is 18.3 Å². The van der Waals surface area contributed by atoms with Crippen molar-refractivity contribution in [2.24, 2.45) is 18.4 Å². The normalized spacial score (nSPS) is 28.6. The summed E-state index contributed by atoms with van der Waals surface area (Å²) >= 11 is 0. The van der Waals surface area contributed by atoms with Gasteiger partial charge in [-0.25, -0.2) is 0 Å². The van der Waals surface area contributed by atoms with Crippen molar-refractivity contribution >= 4 is 11.8 Å². The van der Waals surface area contributed by atoms with Crippen LogP contribution in [0.5, 0.6) is 0 Å². The molecular formula is C19H28N4O2. The number of carbonyl (C=O) groups is 2. The van der Waals surface area contributed by atoms with E-state index in [1.54, 1.807) is 4.90 Å². The molecule has 1 saturated heterocycles. The van der Waals surface area contributed by atoms with Gasteiger partial charge in [0.25, 0.3) is 0 Å². The third-order valence-electron chi connectivity index (χ3n) is 6.88. The van der Waals surface area contributed by atoms with Crippen molar-refractivity contribution < 1.29 is 9.59 Å². The third kappa shape index (κ3) is 2.85. The molecule has 25 heavy (non-hydrogen) atoms. The smallest absolute Gasteiger partial charge is 0.225 e. The maximum absolute atomic E-state index is 12.8. The highest BCUT2D eigenvalue weighted by Crippen LogP contribution is 2.57. The van der Waals surface area contributed by atoms with Gasteiger partial charge in [0, 0.05) is 37.7 Å². The van der Waals surface area contributed by atoms with E-state index in [4.69, 9.17) is 0 Å². The van der Waals surface area contributed by atoms with Gasteiger partial charge >= 0.3 is 0 Å². The Morgan fingerprint density at radius 2 is 1.92 bits per heavy atom. The molecule has 3 aliphatic rings. The monoisotopic (exact) mass is 344 g/mol. The Hall–Kier alpha value is -1.85. The molecule has 2 amide bonds. The van der Waals surface area contributed by atoms with Gasteiger partial charge in [0.15, 0.2) is 0 Å². The number of amides is 2. The van der Waals surface area contributed by atoms with E-state index < -0.39 is 0 Å². The summed E-state index contributed by atoms with van der Waals surface area (Å²) in [6, 6.07) is -0.284. The molecule has 1 aliphatic heterocycles. The average Bonchev–Trinajstić information content (AvgIpc) is 3.19. The van der Waals surface area contributed by atoms with Crippen molar-refractivity contribution in [3.63, 3.8) is 0 Å². The van der Waals surface area contributed by atoms with Gasteiger partial charge in [-0.2, -0.15) is 5.10 Å². The molecule has 2 heterocycles. The fourth-order valence-electron chi connectivity index (χ4n) is 4.70. The van der Waals surface area contributed by atoms with Crippen LogP contribution >= 0.6 is 0 Å². The van der Waals surface area contributed by atoms with E-state index in [1.165, 1.54) is 25.7 Å². The summed E-state index contributed by atoms with van der Waals surface area (Å²) in [4.78, 5) is 26.8. The number of nitrogens with zero attached hydrogens (tertiary/aromatic N) is 3. The summed E-state index contributed by atoms with van der Waals surface area (Å²) in [5.74, 6) is 0.331. The maximum atomic E-state index is 12.8. The summed E-state index contributed by atoms with van der Waals surface area (Å²) in [6.45, 7) is 2.01. The van der Waals surface area contributed by atoms with Crippen LogP contribution in [0.1, 0.15) is 62.2 Å². The molecule has 1 spiro atoms. The average molecular weight is 344 g/mol. The Morgan fingerprint density at radius 3 is 2.48 bits per heavy atom. The van der Waals surface area contributed by atoms with Gasteiger partial charge in [0.2, 0.25) is 11.8 Å². The van der Waals surface area contributed by atoms with Gasteiger partial charge in [-0.15, -0.1) is 0 Å². The minimum Gasteiger partial charge on any atom is -0.350 e. The van der Waals surface area contributed by atoms with Crippen molar-refractivity contribution in [3.05, 3.63) is 17.5 Å². The van der Waals surface area contributed by atoms with Crippen LogP contribution in [0.3, 0.4) is 0 Å². The van der Waals surface area contributed by atoms with E-state index in [2.05, 4.69) is 10.4 Å². The van der Waals surface area contributed by atoms with Crippen LogP contribution in [-0.4, -0.2) is 39.6 Å². The van der Waals surface area contributed by atoms with E-state index in [-0.39, 0.29) is 29.8 Å². The number of rotatable bonds is 3. The Kier molecular flexibility index (Phi) is 3.89. The maximum Gasteiger partial charge on any atom is 0.225 e. The van der Waals surface area contributed by atoms with Crippen LogP contribution in [0.15, 0.2) is 6.20 Å². The number of aryl methyl sites for hydroxylation is 1. The molecule has 6 heteroatoms. The molecule has 2 atom stereocenters. The van der Waals surface area contributed by atoms with Gasteiger partial charge in [0.05, 0.1) is 18.3 Å². The zero-order valence-electron chi connectivity index (χ0n) is 15.4. The standard InChI is InChI=1S/C19H28N4O2/c1-12-14(11-20-23(12)3)17-15(10-16(24)22(17)2)21-18(25)13-4-6-19(7-5-13)8-9-19/h11,13,15,17H,4-10H2,1-3H3,(H,21,25)/t15-,17+/m1/s1. The molecule has 0 radical (unpaired) electrons. The second kappa shape index (κ2) is 5.85. The molecule has 0 unspecified atom stereocenters. The lowest BCUT2D eigenvalue weighted by Crippen LogP contribution is -2.43. The minimum atomic E-state index is -0.162. The SMILES string of the molecule is Cc1c([C@H]2[C@H](NC(=O)C3CCC4(CC3)CC4)CC(=O)N2C)cnn1C. The van der Waals surface area contributed by atoms with E-state index in [0.717, 1.165) is 24.1 Å². The van der Waals surface area contributed by atoms with Gasteiger partial charge in [-0.05, 0) is 50.9 Å². The van der Waals surface area contributed by atoms with Gasteiger partial charge in [0.1, 0.15) is 0 Å². The molecule has 6 nitrogen and oxygen atoms in total. The van der Waals surface area contributed by atoms with Crippen LogP contribution in [-0.2, 0) is 16.6 Å². The van der Waals surface area contributed by atoms with Crippen molar-refractivity contribution in [1.29, 1.82) is 0 Å². The molecule has 0 aromatic carbocycles. The van der Waals surface area contributed by atoms with E-state index >= 15 is 0 Å². The first-order valence-corrected chi connectivity index (χ1v) is 9.45. The van der Waals surface area contributed by atoms with Crippen molar-refractivity contribution in [2.75, 3.05) is 7.05 Å². The van der Waals surface area contributed by atoms with Crippen LogP contribution in [0.25, 0.3) is 0 Å². The van der Waals surface area contributed by atoms with Crippen molar-refractivity contribution in [1.82, 2.24) is 20.0 Å². The predicted octanol–water partition coefficient (Wildman–Crippen LogP) is 2.09. The number of hydrogen-bond donors (Lipinski definition) is 1. The van der Waals surface area contributed by atoms with Gasteiger partial charge in [-0.1, -0.05) is 0 Å². The number of likely N-dealkylation sites (tertiary alicyclic amines) is 1.